The Labute approximate surface area is 152 Å². The highest BCUT2D eigenvalue weighted by atomic mass is 15.2. The Kier molecular flexibility index (Phi) is 7.31. The number of rotatable bonds is 3. The van der Waals surface area contributed by atoms with E-state index in [-0.39, 0.29) is 0 Å². The van der Waals surface area contributed by atoms with Crippen LogP contribution in [0.2, 0.25) is 0 Å². The van der Waals surface area contributed by atoms with E-state index in [1.165, 1.54) is 96.3 Å². The van der Waals surface area contributed by atoms with E-state index in [0.29, 0.717) is 23.9 Å². The van der Waals surface area contributed by atoms with Crippen LogP contribution in [-0.2, 0) is 0 Å². The molecule has 0 bridgehead atoms. The van der Waals surface area contributed by atoms with Gasteiger partial charge in [0, 0.05) is 12.0 Å². The molecule has 1 aromatic heterocycles. The number of anilines is 2. The highest BCUT2D eigenvalue weighted by molar-refractivity contribution is 5.33. The number of nitrogen functional groups attached to an aromatic ring is 1. The van der Waals surface area contributed by atoms with Gasteiger partial charge in [-0.05, 0) is 25.7 Å². The third-order valence-corrected chi connectivity index (χ3v) is 5.83. The third-order valence-electron chi connectivity index (χ3n) is 5.83. The van der Waals surface area contributed by atoms with E-state index in [2.05, 4.69) is 15.3 Å². The Balaban J connectivity index is 1.67. The van der Waals surface area contributed by atoms with E-state index in [0.717, 1.165) is 5.82 Å². The van der Waals surface area contributed by atoms with Gasteiger partial charge in [0.05, 0.1) is 0 Å². The summed E-state index contributed by atoms with van der Waals surface area (Å²) in [6.45, 7) is 0. The van der Waals surface area contributed by atoms with E-state index < -0.39 is 0 Å². The lowest BCUT2D eigenvalue weighted by atomic mass is 9.90. The van der Waals surface area contributed by atoms with Crippen molar-refractivity contribution in [3.05, 3.63) is 5.82 Å². The summed E-state index contributed by atoms with van der Waals surface area (Å²) < 4.78 is 0. The van der Waals surface area contributed by atoms with Gasteiger partial charge in [0.1, 0.15) is 5.82 Å². The Morgan fingerprint density at radius 1 is 0.640 bits per heavy atom. The lowest BCUT2D eigenvalue weighted by Crippen LogP contribution is -2.22. The molecule has 25 heavy (non-hydrogen) atoms. The first-order chi connectivity index (χ1) is 12.3. The summed E-state index contributed by atoms with van der Waals surface area (Å²) >= 11 is 0. The molecule has 2 saturated carbocycles. The van der Waals surface area contributed by atoms with Crippen molar-refractivity contribution >= 4 is 11.9 Å². The fourth-order valence-corrected chi connectivity index (χ4v) is 4.33. The number of hydrogen-bond acceptors (Lipinski definition) is 5. The number of aromatic nitrogens is 3. The number of nitrogens with zero attached hydrogens (tertiary/aromatic N) is 3. The standard InChI is InChI=1S/C20H35N5/c21-19-23-18(16-12-8-4-3-5-9-13-16)24-20(25-19)22-17-14-10-6-1-2-7-11-15-17/h16-17H,1-15H2,(H3,21,22,23,24,25). The summed E-state index contributed by atoms with van der Waals surface area (Å²) in [7, 11) is 0. The first-order valence-electron chi connectivity index (χ1n) is 10.6. The zero-order chi connectivity index (χ0) is 17.3. The summed E-state index contributed by atoms with van der Waals surface area (Å²) in [5.41, 5.74) is 6.02. The molecule has 2 aliphatic carbocycles. The highest BCUT2D eigenvalue weighted by Gasteiger charge is 2.19. The third kappa shape index (κ3) is 6.12. The molecule has 3 rings (SSSR count). The summed E-state index contributed by atoms with van der Waals surface area (Å²) in [5.74, 6) is 2.44. The van der Waals surface area contributed by atoms with Crippen LogP contribution < -0.4 is 11.1 Å². The normalized spacial score (nSPS) is 22.2. The smallest absolute Gasteiger partial charge is 0.227 e. The van der Waals surface area contributed by atoms with Gasteiger partial charge in [-0.15, -0.1) is 0 Å². The Hall–Kier alpha value is -1.39. The minimum Gasteiger partial charge on any atom is -0.368 e. The molecule has 0 aliphatic heterocycles. The number of hydrogen-bond donors (Lipinski definition) is 2. The van der Waals surface area contributed by atoms with E-state index >= 15 is 0 Å². The van der Waals surface area contributed by atoms with Crippen molar-refractivity contribution in [2.45, 2.75) is 108 Å². The maximum atomic E-state index is 6.02. The molecule has 0 unspecified atom stereocenters. The SMILES string of the molecule is Nc1nc(NC2CCCCCCCC2)nc(C2CCCCCCC2)n1. The highest BCUT2D eigenvalue weighted by Crippen LogP contribution is 2.29. The van der Waals surface area contributed by atoms with Gasteiger partial charge < -0.3 is 11.1 Å². The number of nitrogens with one attached hydrogen (secondary N) is 1. The zero-order valence-electron chi connectivity index (χ0n) is 15.7. The fourth-order valence-electron chi connectivity index (χ4n) is 4.33. The van der Waals surface area contributed by atoms with Gasteiger partial charge in [-0.1, -0.05) is 70.6 Å². The first-order valence-corrected chi connectivity index (χ1v) is 10.6. The number of nitrogens with two attached hydrogens (primary N) is 1. The van der Waals surface area contributed by atoms with Crippen molar-refractivity contribution < 1.29 is 0 Å². The second-order valence-electron chi connectivity index (χ2n) is 7.96. The predicted molar refractivity (Wildman–Crippen MR) is 104 cm³/mol. The minimum atomic E-state index is 0.373. The molecule has 0 spiro atoms. The van der Waals surface area contributed by atoms with E-state index in [1.54, 1.807) is 0 Å². The largest absolute Gasteiger partial charge is 0.368 e. The van der Waals surface area contributed by atoms with Gasteiger partial charge in [-0.3, -0.25) is 0 Å². The molecule has 1 aromatic rings. The molecule has 2 aliphatic rings. The predicted octanol–water partition coefficient (Wildman–Crippen LogP) is 5.20. The molecular weight excluding hydrogens is 310 g/mol. The molecule has 3 N–H and O–H groups in total. The molecule has 0 amide bonds. The molecule has 1 heterocycles. The summed E-state index contributed by atoms with van der Waals surface area (Å²) in [4.78, 5) is 13.7. The van der Waals surface area contributed by atoms with E-state index in [9.17, 15) is 0 Å². The van der Waals surface area contributed by atoms with Crippen molar-refractivity contribution in [1.29, 1.82) is 0 Å². The topological polar surface area (TPSA) is 76.7 Å². The second-order valence-corrected chi connectivity index (χ2v) is 7.96. The van der Waals surface area contributed by atoms with Crippen LogP contribution >= 0.6 is 0 Å². The lowest BCUT2D eigenvalue weighted by Gasteiger charge is -2.21. The van der Waals surface area contributed by atoms with Gasteiger partial charge in [0.25, 0.3) is 0 Å². The molecule has 0 saturated heterocycles. The molecular formula is C20H35N5. The minimum absolute atomic E-state index is 0.373. The maximum Gasteiger partial charge on any atom is 0.227 e. The molecule has 5 nitrogen and oxygen atoms in total. The van der Waals surface area contributed by atoms with Crippen LogP contribution in [0.15, 0.2) is 0 Å². The summed E-state index contributed by atoms with van der Waals surface area (Å²) in [5, 5.41) is 3.58. The van der Waals surface area contributed by atoms with Gasteiger partial charge in [-0.25, -0.2) is 0 Å². The van der Waals surface area contributed by atoms with Crippen LogP contribution in [0.4, 0.5) is 11.9 Å². The molecule has 2 fully saturated rings. The van der Waals surface area contributed by atoms with Gasteiger partial charge in [-0.2, -0.15) is 15.0 Å². The average molecular weight is 346 g/mol. The second kappa shape index (κ2) is 9.93. The van der Waals surface area contributed by atoms with E-state index in [4.69, 9.17) is 10.7 Å². The molecule has 0 radical (unpaired) electrons. The maximum absolute atomic E-state index is 6.02. The Morgan fingerprint density at radius 2 is 1.16 bits per heavy atom. The van der Waals surface area contributed by atoms with Crippen LogP contribution in [0.25, 0.3) is 0 Å². The lowest BCUT2D eigenvalue weighted by molar-refractivity contribution is 0.442. The van der Waals surface area contributed by atoms with Crippen LogP contribution in [-0.4, -0.2) is 21.0 Å². The van der Waals surface area contributed by atoms with Gasteiger partial charge in [0.15, 0.2) is 0 Å². The van der Waals surface area contributed by atoms with Crippen LogP contribution in [0, 0.1) is 0 Å². The zero-order valence-corrected chi connectivity index (χ0v) is 15.7. The van der Waals surface area contributed by atoms with E-state index in [1.807, 2.05) is 0 Å². The molecule has 5 heteroatoms. The van der Waals surface area contributed by atoms with Crippen molar-refractivity contribution in [3.63, 3.8) is 0 Å². The van der Waals surface area contributed by atoms with Crippen molar-refractivity contribution in [2.75, 3.05) is 11.1 Å². The molecule has 0 aromatic carbocycles. The van der Waals surface area contributed by atoms with Crippen molar-refractivity contribution in [3.8, 4) is 0 Å². The molecule has 0 atom stereocenters. The van der Waals surface area contributed by atoms with Crippen molar-refractivity contribution in [2.24, 2.45) is 0 Å². The summed E-state index contributed by atoms with van der Waals surface area (Å²) in [6, 6.07) is 0.477. The monoisotopic (exact) mass is 345 g/mol. The summed E-state index contributed by atoms with van der Waals surface area (Å²) in [6.07, 6.45) is 19.5. The van der Waals surface area contributed by atoms with Crippen LogP contribution in [0.5, 0.6) is 0 Å². The first kappa shape index (κ1) is 18.4. The Morgan fingerprint density at radius 3 is 1.76 bits per heavy atom. The molecule has 140 valence electrons. The van der Waals surface area contributed by atoms with Gasteiger partial charge in [0.2, 0.25) is 11.9 Å². The van der Waals surface area contributed by atoms with Crippen LogP contribution in [0.1, 0.15) is 108 Å². The average Bonchev–Trinajstić information content (AvgIpc) is 2.68. The quantitative estimate of drug-likeness (QED) is 0.787. The fraction of sp³-hybridized carbons (Fsp3) is 0.850. The Bertz CT molecular complexity index is 501. The van der Waals surface area contributed by atoms with Gasteiger partial charge >= 0.3 is 0 Å². The van der Waals surface area contributed by atoms with Crippen LogP contribution in [0.3, 0.4) is 0 Å². The van der Waals surface area contributed by atoms with Crippen molar-refractivity contribution in [1.82, 2.24) is 15.0 Å².